The van der Waals surface area contributed by atoms with E-state index in [4.69, 9.17) is 4.74 Å². The molecule has 2 aromatic carbocycles. The van der Waals surface area contributed by atoms with Gasteiger partial charge >= 0.3 is 0 Å². The quantitative estimate of drug-likeness (QED) is 0.766. The maximum atomic E-state index is 13.6. The molecule has 1 atom stereocenters. The largest absolute Gasteiger partial charge is 0.383 e. The molecule has 0 radical (unpaired) electrons. The van der Waals surface area contributed by atoms with Gasteiger partial charge in [-0.2, -0.15) is 0 Å². The maximum Gasteiger partial charge on any atom is 0.254 e. The van der Waals surface area contributed by atoms with Crippen LogP contribution in [0.2, 0.25) is 0 Å². The lowest BCUT2D eigenvalue weighted by molar-refractivity contribution is -0.126. The van der Waals surface area contributed by atoms with Crippen molar-refractivity contribution in [2.45, 2.75) is 43.7 Å². The highest BCUT2D eigenvalue weighted by Crippen LogP contribution is 2.50. The van der Waals surface area contributed by atoms with Crippen molar-refractivity contribution in [3.63, 3.8) is 0 Å². The van der Waals surface area contributed by atoms with Gasteiger partial charge < -0.3 is 15.0 Å². The van der Waals surface area contributed by atoms with Crippen molar-refractivity contribution in [2.24, 2.45) is 0 Å². The molecule has 2 aliphatic rings. The molecule has 1 fully saturated rings. The van der Waals surface area contributed by atoms with Crippen molar-refractivity contribution in [1.29, 1.82) is 0 Å². The summed E-state index contributed by atoms with van der Waals surface area (Å²) in [7, 11) is 1.63. The van der Waals surface area contributed by atoms with Crippen LogP contribution < -0.4 is 5.32 Å². The Bertz CT molecular complexity index is 875. The van der Waals surface area contributed by atoms with Crippen LogP contribution in [0.5, 0.6) is 0 Å². The van der Waals surface area contributed by atoms with E-state index in [1.807, 2.05) is 59.5 Å². The number of methoxy groups -OCH3 is 1. The summed E-state index contributed by atoms with van der Waals surface area (Å²) in [4.78, 5) is 29.0. The van der Waals surface area contributed by atoms with Crippen LogP contribution in [0.1, 0.15) is 53.1 Å². The van der Waals surface area contributed by atoms with E-state index in [0.29, 0.717) is 25.3 Å². The van der Waals surface area contributed by atoms with Crippen molar-refractivity contribution in [3.8, 4) is 0 Å². The van der Waals surface area contributed by atoms with Crippen LogP contribution in [0.4, 0.5) is 0 Å². The fourth-order valence-corrected chi connectivity index (χ4v) is 5.04. The molecule has 2 amide bonds. The van der Waals surface area contributed by atoms with Gasteiger partial charge in [0.2, 0.25) is 5.91 Å². The Balaban J connectivity index is 1.78. The highest BCUT2D eigenvalue weighted by molar-refractivity contribution is 6.02. The van der Waals surface area contributed by atoms with E-state index < -0.39 is 5.54 Å². The zero-order valence-corrected chi connectivity index (χ0v) is 16.9. The molecule has 0 aromatic heterocycles. The van der Waals surface area contributed by atoms with Crippen LogP contribution in [-0.2, 0) is 16.1 Å². The van der Waals surface area contributed by atoms with E-state index in [1.54, 1.807) is 7.11 Å². The second-order valence-corrected chi connectivity index (χ2v) is 7.99. The van der Waals surface area contributed by atoms with Gasteiger partial charge in [-0.05, 0) is 30.0 Å². The first-order chi connectivity index (χ1) is 14.2. The Morgan fingerprint density at radius 2 is 1.79 bits per heavy atom. The molecule has 1 heterocycles. The molecule has 1 spiro atoms. The zero-order valence-electron chi connectivity index (χ0n) is 16.9. The fraction of sp³-hybridized carbons (Fsp3) is 0.417. The van der Waals surface area contributed by atoms with Crippen LogP contribution in [0.25, 0.3) is 0 Å². The molecule has 1 saturated carbocycles. The molecule has 0 bridgehead atoms. The predicted octanol–water partition coefficient (Wildman–Crippen LogP) is 3.50. The van der Waals surface area contributed by atoms with Crippen LogP contribution in [-0.4, -0.2) is 42.5 Å². The van der Waals surface area contributed by atoms with Crippen molar-refractivity contribution in [3.05, 3.63) is 71.3 Å². The van der Waals surface area contributed by atoms with Gasteiger partial charge in [-0.3, -0.25) is 9.59 Å². The third-order valence-corrected chi connectivity index (χ3v) is 6.34. The average molecular weight is 392 g/mol. The van der Waals surface area contributed by atoms with Gasteiger partial charge in [0.15, 0.2) is 0 Å². The predicted molar refractivity (Wildman–Crippen MR) is 112 cm³/mol. The summed E-state index contributed by atoms with van der Waals surface area (Å²) in [6.45, 7) is 1.46. The number of hydrogen-bond acceptors (Lipinski definition) is 3. The zero-order chi connectivity index (χ0) is 20.3. The molecular formula is C24H28N2O3. The minimum Gasteiger partial charge on any atom is -0.383 e. The highest BCUT2D eigenvalue weighted by atomic mass is 16.5. The second-order valence-electron chi connectivity index (χ2n) is 7.99. The number of benzene rings is 2. The number of amides is 2. The lowest BCUT2D eigenvalue weighted by Gasteiger charge is -2.50. The molecule has 29 heavy (non-hydrogen) atoms. The van der Waals surface area contributed by atoms with Crippen LogP contribution >= 0.6 is 0 Å². The van der Waals surface area contributed by atoms with E-state index >= 15 is 0 Å². The van der Waals surface area contributed by atoms with Crippen LogP contribution in [0.3, 0.4) is 0 Å². The summed E-state index contributed by atoms with van der Waals surface area (Å²) in [6, 6.07) is 17.7. The lowest BCUT2D eigenvalue weighted by atomic mass is 9.71. The third kappa shape index (κ3) is 3.55. The number of carbonyl (C=O) groups is 2. The number of carbonyl (C=O) groups excluding carboxylic acids is 2. The molecule has 1 N–H and O–H groups in total. The Morgan fingerprint density at radius 1 is 1.10 bits per heavy atom. The SMILES string of the molecule is COCCNC(=O)[C@@H]1c2ccccc2C(=O)N(Cc2ccccc2)C12CCCC2. The molecule has 1 aliphatic carbocycles. The van der Waals surface area contributed by atoms with E-state index in [-0.39, 0.29) is 17.7 Å². The summed E-state index contributed by atoms with van der Waals surface area (Å²) < 4.78 is 5.10. The summed E-state index contributed by atoms with van der Waals surface area (Å²) in [6.07, 6.45) is 3.76. The van der Waals surface area contributed by atoms with E-state index in [2.05, 4.69) is 5.32 Å². The minimum atomic E-state index is -0.474. The van der Waals surface area contributed by atoms with Crippen molar-refractivity contribution < 1.29 is 14.3 Å². The Kier molecular flexibility index (Phi) is 5.67. The molecule has 1 aliphatic heterocycles. The topological polar surface area (TPSA) is 58.6 Å². The number of rotatable bonds is 6. The number of ether oxygens (including phenoxy) is 1. The summed E-state index contributed by atoms with van der Waals surface area (Å²) in [5.74, 6) is -0.339. The number of nitrogens with zero attached hydrogens (tertiary/aromatic N) is 1. The van der Waals surface area contributed by atoms with Crippen molar-refractivity contribution in [1.82, 2.24) is 10.2 Å². The Labute approximate surface area is 172 Å². The first-order valence-electron chi connectivity index (χ1n) is 10.4. The monoisotopic (exact) mass is 392 g/mol. The van der Waals surface area contributed by atoms with Crippen LogP contribution in [0.15, 0.2) is 54.6 Å². The molecule has 2 aromatic rings. The van der Waals surface area contributed by atoms with Crippen molar-refractivity contribution >= 4 is 11.8 Å². The first kappa shape index (κ1) is 19.6. The molecule has 0 saturated heterocycles. The highest BCUT2D eigenvalue weighted by Gasteiger charge is 2.55. The molecule has 0 unspecified atom stereocenters. The number of nitrogens with one attached hydrogen (secondary N) is 1. The second kappa shape index (κ2) is 8.37. The Morgan fingerprint density at radius 3 is 2.52 bits per heavy atom. The van der Waals surface area contributed by atoms with Crippen molar-refractivity contribution in [2.75, 3.05) is 20.3 Å². The number of hydrogen-bond donors (Lipinski definition) is 1. The smallest absolute Gasteiger partial charge is 0.254 e. The average Bonchev–Trinajstić information content (AvgIpc) is 3.22. The molecule has 152 valence electrons. The van der Waals surface area contributed by atoms with E-state index in [1.165, 1.54) is 0 Å². The van der Waals surface area contributed by atoms with Gasteiger partial charge in [-0.25, -0.2) is 0 Å². The van der Waals surface area contributed by atoms with Gasteiger partial charge in [-0.15, -0.1) is 0 Å². The fourth-order valence-electron chi connectivity index (χ4n) is 5.04. The van der Waals surface area contributed by atoms with Gasteiger partial charge in [0.05, 0.1) is 18.1 Å². The van der Waals surface area contributed by atoms with Gasteiger partial charge in [-0.1, -0.05) is 61.4 Å². The molecule has 5 nitrogen and oxygen atoms in total. The molecule has 5 heteroatoms. The normalized spacial score (nSPS) is 20.0. The summed E-state index contributed by atoms with van der Waals surface area (Å²) in [5.41, 5.74) is 2.12. The summed E-state index contributed by atoms with van der Waals surface area (Å²) >= 11 is 0. The maximum absolute atomic E-state index is 13.6. The third-order valence-electron chi connectivity index (χ3n) is 6.34. The van der Waals surface area contributed by atoms with Crippen LogP contribution in [0, 0.1) is 0 Å². The number of fused-ring (bicyclic) bond motifs is 1. The van der Waals surface area contributed by atoms with Gasteiger partial charge in [0.25, 0.3) is 5.91 Å². The van der Waals surface area contributed by atoms with Gasteiger partial charge in [0, 0.05) is 25.8 Å². The standard InChI is InChI=1S/C24H28N2O3/c1-29-16-15-25-22(27)21-19-11-5-6-12-20(19)23(28)26(24(21)13-7-8-14-24)17-18-9-3-2-4-10-18/h2-6,9-12,21H,7-8,13-17H2,1H3,(H,25,27)/t21-/m0/s1. The van der Waals surface area contributed by atoms with E-state index in [9.17, 15) is 9.59 Å². The first-order valence-corrected chi connectivity index (χ1v) is 10.4. The van der Waals surface area contributed by atoms with Gasteiger partial charge in [0.1, 0.15) is 0 Å². The lowest BCUT2D eigenvalue weighted by Crippen LogP contribution is -2.60. The summed E-state index contributed by atoms with van der Waals surface area (Å²) in [5, 5.41) is 3.04. The minimum absolute atomic E-state index is 0.0121. The molecule has 4 rings (SSSR count). The Hall–Kier alpha value is -2.66. The van der Waals surface area contributed by atoms with E-state index in [0.717, 1.165) is 36.8 Å². The molecular weight excluding hydrogens is 364 g/mol.